The molecule has 2 aromatic rings. The zero-order chi connectivity index (χ0) is 46.2. The summed E-state index contributed by atoms with van der Waals surface area (Å²) in [5.41, 5.74) is 4.54. The minimum absolute atomic E-state index is 0.0458. The summed E-state index contributed by atoms with van der Waals surface area (Å²) in [7, 11) is 1.71. The lowest BCUT2D eigenvalue weighted by atomic mass is 9.78. The van der Waals surface area contributed by atoms with E-state index in [1.54, 1.807) is 7.11 Å². The normalized spacial score (nSPS) is 15.3. The molecule has 59 heavy (non-hydrogen) atoms. The van der Waals surface area contributed by atoms with Crippen LogP contribution in [0.4, 0.5) is 0 Å². The first-order valence-electron chi connectivity index (χ1n) is 22.8. The lowest BCUT2D eigenvalue weighted by Crippen LogP contribution is -2.46. The lowest BCUT2D eigenvalue weighted by Gasteiger charge is -2.31. The highest BCUT2D eigenvalue weighted by molar-refractivity contribution is 5.13. The minimum atomic E-state index is -0.0458. The molecule has 6 heteroatoms. The highest BCUT2D eigenvalue weighted by Crippen LogP contribution is 2.39. The van der Waals surface area contributed by atoms with E-state index >= 15 is 0 Å². The van der Waals surface area contributed by atoms with E-state index in [0.29, 0.717) is 28.9 Å². The zero-order valence-corrected chi connectivity index (χ0v) is 43.3. The SMILES string of the molecule is CC(C)(C)CC(C)(C)C.CC(C)(C)CC1CC1.CC(C)(C)NC1CCOCC1.CC(C)(C)OCc1ccccc1.CC(C)(C)c1ccccn1.COCCNC(C)(C)C. The van der Waals surface area contributed by atoms with Gasteiger partial charge in [-0.1, -0.05) is 132 Å². The van der Waals surface area contributed by atoms with E-state index in [9.17, 15) is 0 Å². The van der Waals surface area contributed by atoms with Gasteiger partial charge < -0.3 is 24.8 Å². The van der Waals surface area contributed by atoms with Gasteiger partial charge in [0, 0.05) is 61.3 Å². The second kappa shape index (κ2) is 28.0. The molecule has 1 aliphatic heterocycles. The second-order valence-corrected chi connectivity index (χ2v) is 24.3. The smallest absolute Gasteiger partial charge is 0.0724 e. The van der Waals surface area contributed by atoms with Gasteiger partial charge in [0.2, 0.25) is 0 Å². The molecule has 1 aromatic carbocycles. The molecule has 1 saturated heterocycles. The van der Waals surface area contributed by atoms with Crippen molar-refractivity contribution in [2.24, 2.45) is 22.2 Å². The molecule has 1 saturated carbocycles. The molecule has 2 aliphatic rings. The largest absolute Gasteiger partial charge is 0.383 e. The number of nitrogens with zero attached hydrogens (tertiary/aromatic N) is 1. The fourth-order valence-electron chi connectivity index (χ4n) is 6.44. The summed E-state index contributed by atoms with van der Waals surface area (Å²) in [4.78, 5) is 4.25. The first-order chi connectivity index (χ1) is 26.6. The van der Waals surface area contributed by atoms with Gasteiger partial charge >= 0.3 is 0 Å². The minimum Gasteiger partial charge on any atom is -0.383 e. The van der Waals surface area contributed by atoms with Crippen molar-refractivity contribution in [1.82, 2.24) is 15.6 Å². The number of hydrogen-bond acceptors (Lipinski definition) is 6. The van der Waals surface area contributed by atoms with Crippen LogP contribution in [0.2, 0.25) is 0 Å². The summed E-state index contributed by atoms with van der Waals surface area (Å²) in [5, 5.41) is 6.88. The van der Waals surface area contributed by atoms with Gasteiger partial charge in [-0.15, -0.1) is 0 Å². The summed E-state index contributed by atoms with van der Waals surface area (Å²) < 4.78 is 15.8. The molecule has 0 unspecified atom stereocenters. The van der Waals surface area contributed by atoms with Crippen molar-refractivity contribution in [2.45, 2.75) is 219 Å². The van der Waals surface area contributed by atoms with Gasteiger partial charge in [0.25, 0.3) is 0 Å². The van der Waals surface area contributed by atoms with Crippen LogP contribution in [0.1, 0.15) is 195 Å². The average molecular weight is 828 g/mol. The van der Waals surface area contributed by atoms with Crippen LogP contribution in [0.3, 0.4) is 0 Å². The van der Waals surface area contributed by atoms with Crippen molar-refractivity contribution < 1.29 is 14.2 Å². The molecule has 0 spiro atoms. The fraction of sp³-hybridized carbons (Fsp3) is 0.792. The van der Waals surface area contributed by atoms with E-state index in [1.807, 2.05) is 36.5 Å². The highest BCUT2D eigenvalue weighted by Gasteiger charge is 2.26. The van der Waals surface area contributed by atoms with Crippen LogP contribution >= 0.6 is 0 Å². The van der Waals surface area contributed by atoms with E-state index in [1.165, 1.54) is 31.2 Å². The third kappa shape index (κ3) is 47.1. The summed E-state index contributed by atoms with van der Waals surface area (Å²) in [6, 6.07) is 16.9. The standard InChI is InChI=1S/C11H16O.C9H19NO.C9H13N.C9H20.C8H16.C7H17NO/c1-11(2,3)12-9-10-7-5-4-6-8-10;1-9(2,3)10-8-4-6-11-7-5-8;1-9(2,3)8-6-4-5-7-10-8;1-8(2,3)7-9(4,5)6;1-8(2,3)6-7-4-5-7;1-7(2,3)8-5-6-9-4/h4-8H,9H2,1-3H3;8,10H,4-7H2,1-3H3;4-7H,1-3H3;7H2,1-6H3;7H,4-6H2,1-3H3;8H,5-6H2,1-4H3. The Kier molecular flexibility index (Phi) is 28.1. The maximum Gasteiger partial charge on any atom is 0.0724 e. The summed E-state index contributed by atoms with van der Waals surface area (Å²) in [6.07, 6.45) is 9.89. The quantitative estimate of drug-likeness (QED) is 0.271. The zero-order valence-electron chi connectivity index (χ0n) is 43.3. The molecule has 0 bridgehead atoms. The van der Waals surface area contributed by atoms with Crippen LogP contribution in [0.5, 0.6) is 0 Å². The van der Waals surface area contributed by atoms with Gasteiger partial charge in [0.1, 0.15) is 0 Å². The number of pyridine rings is 1. The second-order valence-electron chi connectivity index (χ2n) is 24.3. The van der Waals surface area contributed by atoms with Crippen LogP contribution in [-0.4, -0.2) is 61.2 Å². The summed E-state index contributed by atoms with van der Waals surface area (Å²) in [5.74, 6) is 1.09. The number of nitrogens with one attached hydrogen (secondary N) is 2. The van der Waals surface area contributed by atoms with Crippen molar-refractivity contribution in [3.8, 4) is 0 Å². The van der Waals surface area contributed by atoms with Crippen LogP contribution in [0, 0.1) is 22.2 Å². The molecule has 1 aliphatic carbocycles. The van der Waals surface area contributed by atoms with Crippen LogP contribution in [0.15, 0.2) is 54.7 Å². The van der Waals surface area contributed by atoms with E-state index in [-0.39, 0.29) is 22.1 Å². The molecule has 0 amide bonds. The number of ether oxygens (including phenoxy) is 3. The Bertz CT molecular complexity index is 1240. The Morgan fingerprint density at radius 1 is 0.627 bits per heavy atom. The van der Waals surface area contributed by atoms with Gasteiger partial charge in [-0.3, -0.25) is 4.98 Å². The van der Waals surface area contributed by atoms with E-state index in [0.717, 1.165) is 50.8 Å². The van der Waals surface area contributed by atoms with Crippen LogP contribution in [0.25, 0.3) is 0 Å². The van der Waals surface area contributed by atoms with Gasteiger partial charge in [0.15, 0.2) is 0 Å². The van der Waals surface area contributed by atoms with Gasteiger partial charge in [-0.2, -0.15) is 0 Å². The van der Waals surface area contributed by atoms with E-state index < -0.39 is 0 Å². The maximum atomic E-state index is 5.62. The van der Waals surface area contributed by atoms with Crippen molar-refractivity contribution in [2.75, 3.05) is 33.5 Å². The average Bonchev–Trinajstić information content (AvgIpc) is 3.86. The molecule has 0 radical (unpaired) electrons. The van der Waals surface area contributed by atoms with E-state index in [2.05, 4.69) is 179 Å². The van der Waals surface area contributed by atoms with Crippen molar-refractivity contribution in [3.05, 3.63) is 66.0 Å². The fourth-order valence-corrected chi connectivity index (χ4v) is 6.44. The molecule has 2 fully saturated rings. The third-order valence-corrected chi connectivity index (χ3v) is 8.43. The number of rotatable bonds is 7. The Morgan fingerprint density at radius 2 is 1.14 bits per heavy atom. The summed E-state index contributed by atoms with van der Waals surface area (Å²) in [6.45, 7) is 50.7. The van der Waals surface area contributed by atoms with Crippen molar-refractivity contribution >= 4 is 0 Å². The Morgan fingerprint density at radius 3 is 1.44 bits per heavy atom. The monoisotopic (exact) mass is 828 g/mol. The van der Waals surface area contributed by atoms with Crippen LogP contribution in [-0.2, 0) is 26.2 Å². The molecule has 2 N–H and O–H groups in total. The Labute approximate surface area is 368 Å². The first-order valence-corrected chi connectivity index (χ1v) is 22.8. The molecule has 4 rings (SSSR count). The van der Waals surface area contributed by atoms with Crippen molar-refractivity contribution in [3.63, 3.8) is 0 Å². The molecule has 2 heterocycles. The highest BCUT2D eigenvalue weighted by atomic mass is 16.5. The summed E-state index contributed by atoms with van der Waals surface area (Å²) >= 11 is 0. The first kappa shape index (κ1) is 59.3. The van der Waals surface area contributed by atoms with Crippen LogP contribution < -0.4 is 10.6 Å². The molecular formula is C53H101N3O3. The molecule has 1 aromatic heterocycles. The number of methoxy groups -OCH3 is 1. The van der Waals surface area contributed by atoms with Gasteiger partial charge in [0.05, 0.1) is 18.8 Å². The molecule has 0 atom stereocenters. The topological polar surface area (TPSA) is 64.6 Å². The predicted molar refractivity (Wildman–Crippen MR) is 261 cm³/mol. The number of benzene rings is 1. The molecule has 6 nitrogen and oxygen atoms in total. The number of hydrogen-bond donors (Lipinski definition) is 2. The lowest BCUT2D eigenvalue weighted by molar-refractivity contribution is -0.0149. The Hall–Kier alpha value is -1.83. The predicted octanol–water partition coefficient (Wildman–Crippen LogP) is 14.3. The van der Waals surface area contributed by atoms with E-state index in [4.69, 9.17) is 14.2 Å². The molecular weight excluding hydrogens is 727 g/mol. The van der Waals surface area contributed by atoms with Crippen molar-refractivity contribution in [1.29, 1.82) is 0 Å². The van der Waals surface area contributed by atoms with Gasteiger partial charge in [-0.05, 0) is 128 Å². The number of aromatic nitrogens is 1. The third-order valence-electron chi connectivity index (χ3n) is 8.43. The Balaban J connectivity index is 0. The molecule has 346 valence electrons. The van der Waals surface area contributed by atoms with Gasteiger partial charge in [-0.25, -0.2) is 0 Å². The maximum absolute atomic E-state index is 5.62.